The number of nitrogens with one attached hydrogen (secondary N) is 2. The fourth-order valence-electron chi connectivity index (χ4n) is 4.65. The third-order valence-electron chi connectivity index (χ3n) is 6.98. The van der Waals surface area contributed by atoms with E-state index < -0.39 is 31.0 Å². The molecule has 0 bridgehead atoms. The summed E-state index contributed by atoms with van der Waals surface area (Å²) in [6.45, 7) is 0.708. The van der Waals surface area contributed by atoms with Crippen LogP contribution in [-0.2, 0) is 32.2 Å². The van der Waals surface area contributed by atoms with Gasteiger partial charge in [-0.2, -0.15) is 10.2 Å². The highest BCUT2D eigenvalue weighted by Gasteiger charge is 2.12. The van der Waals surface area contributed by atoms with Crippen LogP contribution < -0.4 is 21.8 Å². The Morgan fingerprint density at radius 3 is 1.57 bits per heavy atom. The lowest BCUT2D eigenvalue weighted by Gasteiger charge is -2.06. The summed E-state index contributed by atoms with van der Waals surface area (Å²) in [6.07, 6.45) is 5.78. The average Bonchev–Trinajstić information content (AvgIpc) is 3.70. The van der Waals surface area contributed by atoms with Crippen molar-refractivity contribution in [3.05, 3.63) is 126 Å². The van der Waals surface area contributed by atoms with E-state index in [0.717, 1.165) is 11.1 Å². The molecule has 0 atom stereocenters. The van der Waals surface area contributed by atoms with Crippen LogP contribution in [0.2, 0.25) is 20.1 Å². The van der Waals surface area contributed by atoms with Crippen molar-refractivity contribution >= 4 is 86.6 Å². The number of rotatable bonds is 9. The molecular weight excluding hydrogens is 750 g/mol. The lowest BCUT2D eigenvalue weighted by Crippen LogP contribution is -2.23. The van der Waals surface area contributed by atoms with Crippen molar-refractivity contribution in [1.29, 1.82) is 0 Å². The second-order valence-electron chi connectivity index (χ2n) is 10.8. The minimum atomic E-state index is -0.638. The Morgan fingerprint density at radius 2 is 1.16 bits per heavy atom. The fraction of sp³-hybridized carbons (Fsp3) is 0.156. The number of aliphatic hydroxyl groups excluding tert-OH is 1. The van der Waals surface area contributed by atoms with E-state index in [1.54, 1.807) is 36.4 Å². The van der Waals surface area contributed by atoms with Crippen molar-refractivity contribution < 1.29 is 24.2 Å². The number of aromatic nitrogens is 6. The number of amides is 2. The molecule has 19 heteroatoms. The normalized spacial score (nSPS) is 10.9. The Morgan fingerprint density at radius 1 is 0.706 bits per heavy atom. The molecule has 0 spiro atoms. The van der Waals surface area contributed by atoms with Crippen LogP contribution in [0.25, 0.3) is 11.0 Å². The highest BCUT2D eigenvalue weighted by molar-refractivity contribution is 6.42. The third-order valence-corrected chi connectivity index (χ3v) is 8.46. The van der Waals surface area contributed by atoms with Crippen molar-refractivity contribution in [2.45, 2.75) is 20.0 Å². The highest BCUT2D eigenvalue weighted by Crippen LogP contribution is 2.24. The smallest absolute Gasteiger partial charge is 0.303 e. The van der Waals surface area contributed by atoms with Gasteiger partial charge in [-0.15, -0.1) is 0 Å². The van der Waals surface area contributed by atoms with E-state index in [9.17, 15) is 24.0 Å². The van der Waals surface area contributed by atoms with E-state index in [1.165, 1.54) is 62.3 Å². The standard InChI is InChI=1S/C17H14Cl2N4O4.C15H12Cl2N4O3/c1-10(24)27-8-16(25)21-12-5-15-17(26)22(9-20-23(15)7-12)6-11-2-3-13(18)14(19)4-11;16-11-2-1-9(3-12(11)17)5-20-8-18-21-6-10(19-14(23)7-22)4-13(21)15(20)24/h2-5,7,9H,6,8H2,1H3,(H,21,25);1-4,6,8,22H,5,7H2,(H,19,23). The molecular formula is C32H26Cl4N8O7. The zero-order valence-corrected chi connectivity index (χ0v) is 29.4. The lowest BCUT2D eigenvalue weighted by molar-refractivity contribution is -0.144. The average molecular weight is 776 g/mol. The molecule has 4 aromatic heterocycles. The van der Waals surface area contributed by atoms with Gasteiger partial charge in [-0.25, -0.2) is 9.03 Å². The van der Waals surface area contributed by atoms with Crippen molar-refractivity contribution in [2.75, 3.05) is 23.8 Å². The summed E-state index contributed by atoms with van der Waals surface area (Å²) in [7, 11) is 0. The molecule has 4 heterocycles. The second kappa shape index (κ2) is 16.2. The molecule has 0 unspecified atom stereocenters. The van der Waals surface area contributed by atoms with Gasteiger partial charge in [-0.3, -0.25) is 33.1 Å². The first kappa shape index (κ1) is 37.1. The summed E-state index contributed by atoms with van der Waals surface area (Å²) in [4.78, 5) is 58.9. The van der Waals surface area contributed by atoms with Gasteiger partial charge in [0.2, 0.25) is 5.91 Å². The summed E-state index contributed by atoms with van der Waals surface area (Å²) in [5, 5.41) is 23.7. The summed E-state index contributed by atoms with van der Waals surface area (Å²) in [6, 6.07) is 13.2. The van der Waals surface area contributed by atoms with E-state index in [0.29, 0.717) is 37.0 Å². The van der Waals surface area contributed by atoms with E-state index in [1.807, 2.05) is 0 Å². The summed E-state index contributed by atoms with van der Waals surface area (Å²) in [5.74, 6) is -1.64. The molecule has 3 N–H and O–H groups in total. The molecule has 0 saturated carbocycles. The number of aliphatic hydroxyl groups is 1. The number of carbonyl (C=O) groups is 3. The van der Waals surface area contributed by atoms with E-state index in [2.05, 4.69) is 25.6 Å². The van der Waals surface area contributed by atoms with E-state index in [-0.39, 0.29) is 29.7 Å². The summed E-state index contributed by atoms with van der Waals surface area (Å²) in [5.41, 5.74) is 2.34. The summed E-state index contributed by atoms with van der Waals surface area (Å²) < 4.78 is 10.2. The van der Waals surface area contributed by atoms with Gasteiger partial charge in [0.25, 0.3) is 17.0 Å². The minimum Gasteiger partial charge on any atom is -0.456 e. The van der Waals surface area contributed by atoms with Crippen molar-refractivity contribution in [3.8, 4) is 0 Å². The van der Waals surface area contributed by atoms with Crippen LogP contribution in [0.1, 0.15) is 18.1 Å². The van der Waals surface area contributed by atoms with Crippen LogP contribution in [0.4, 0.5) is 11.4 Å². The van der Waals surface area contributed by atoms with Crippen LogP contribution in [-0.4, -0.2) is 64.5 Å². The summed E-state index contributed by atoms with van der Waals surface area (Å²) >= 11 is 23.8. The first-order chi connectivity index (χ1) is 24.3. The maximum Gasteiger partial charge on any atom is 0.303 e. The number of hydrogen-bond donors (Lipinski definition) is 3. The van der Waals surface area contributed by atoms with Crippen molar-refractivity contribution in [1.82, 2.24) is 28.4 Å². The molecule has 264 valence electrons. The zero-order chi connectivity index (χ0) is 36.8. The number of nitrogens with zero attached hydrogens (tertiary/aromatic N) is 6. The van der Waals surface area contributed by atoms with Crippen LogP contribution in [0.5, 0.6) is 0 Å². The van der Waals surface area contributed by atoms with E-state index >= 15 is 0 Å². The number of fused-ring (bicyclic) bond motifs is 2. The number of benzene rings is 2. The molecule has 6 rings (SSSR count). The molecule has 0 radical (unpaired) electrons. The van der Waals surface area contributed by atoms with Crippen LogP contribution in [0.3, 0.4) is 0 Å². The molecule has 0 aliphatic heterocycles. The predicted octanol–water partition coefficient (Wildman–Crippen LogP) is 4.13. The third kappa shape index (κ3) is 9.33. The number of esters is 1. The Hall–Kier alpha value is -5.19. The molecule has 0 aliphatic carbocycles. The number of hydrogen-bond acceptors (Lipinski definition) is 9. The van der Waals surface area contributed by atoms with Crippen LogP contribution in [0.15, 0.2) is 83.2 Å². The molecule has 2 amide bonds. The fourth-order valence-corrected chi connectivity index (χ4v) is 5.29. The van der Waals surface area contributed by atoms with Gasteiger partial charge >= 0.3 is 5.97 Å². The van der Waals surface area contributed by atoms with Crippen LogP contribution >= 0.6 is 46.4 Å². The first-order valence-corrected chi connectivity index (χ1v) is 16.2. The minimum absolute atomic E-state index is 0.262. The van der Waals surface area contributed by atoms with Gasteiger partial charge in [0, 0.05) is 6.92 Å². The molecule has 0 fully saturated rings. The maximum atomic E-state index is 12.7. The number of anilines is 2. The van der Waals surface area contributed by atoms with Gasteiger partial charge in [-0.1, -0.05) is 58.5 Å². The van der Waals surface area contributed by atoms with Crippen molar-refractivity contribution in [2.24, 2.45) is 0 Å². The van der Waals surface area contributed by atoms with Gasteiger partial charge in [0.05, 0.1) is 56.9 Å². The Balaban J connectivity index is 0.000000199. The van der Waals surface area contributed by atoms with Gasteiger partial charge in [-0.05, 0) is 47.5 Å². The molecule has 0 saturated heterocycles. The lowest BCUT2D eigenvalue weighted by atomic mass is 10.2. The highest BCUT2D eigenvalue weighted by atomic mass is 35.5. The largest absolute Gasteiger partial charge is 0.456 e. The molecule has 2 aromatic carbocycles. The van der Waals surface area contributed by atoms with Crippen LogP contribution in [0, 0.1) is 0 Å². The Bertz CT molecular complexity index is 2400. The van der Waals surface area contributed by atoms with Crippen molar-refractivity contribution in [3.63, 3.8) is 0 Å². The molecule has 51 heavy (non-hydrogen) atoms. The SMILES string of the molecule is CC(=O)OCC(=O)Nc1cc2c(=O)n(Cc3ccc(Cl)c(Cl)c3)cnn2c1.O=C(CO)Nc1cc2c(=O)n(Cc3ccc(Cl)c(Cl)c3)cnn2c1. The quantitative estimate of drug-likeness (QED) is 0.182. The maximum absolute atomic E-state index is 12.7. The van der Waals surface area contributed by atoms with Gasteiger partial charge in [0.15, 0.2) is 6.61 Å². The second-order valence-corrected chi connectivity index (χ2v) is 12.4. The number of halogens is 4. The monoisotopic (exact) mass is 774 g/mol. The topological polar surface area (TPSA) is 183 Å². The molecule has 0 aliphatic rings. The van der Waals surface area contributed by atoms with Gasteiger partial charge in [0.1, 0.15) is 30.3 Å². The first-order valence-electron chi connectivity index (χ1n) is 14.7. The Labute approximate surface area is 307 Å². The molecule has 6 aromatic rings. The van der Waals surface area contributed by atoms with Gasteiger partial charge < -0.3 is 20.5 Å². The zero-order valence-electron chi connectivity index (χ0n) is 26.3. The number of ether oxygens (including phenoxy) is 1. The molecule has 15 nitrogen and oxygen atoms in total. The Kier molecular flexibility index (Phi) is 11.8. The number of carbonyl (C=O) groups excluding carboxylic acids is 3. The van der Waals surface area contributed by atoms with E-state index in [4.69, 9.17) is 51.5 Å². The predicted molar refractivity (Wildman–Crippen MR) is 191 cm³/mol.